The molecule has 0 saturated heterocycles. The minimum Gasteiger partial charge on any atom is -0.503 e. The topological polar surface area (TPSA) is 110 Å². The zero-order chi connectivity index (χ0) is 22.9. The summed E-state index contributed by atoms with van der Waals surface area (Å²) < 4.78 is 11.6. The van der Waals surface area contributed by atoms with Gasteiger partial charge in [-0.15, -0.1) is 10.2 Å². The lowest BCUT2D eigenvalue weighted by Crippen LogP contribution is -2.30. The Morgan fingerprint density at radius 3 is 2.67 bits per heavy atom. The minimum atomic E-state index is -0.995. The fraction of sp³-hybridized carbons (Fsp3) is 0.130. The van der Waals surface area contributed by atoms with Gasteiger partial charge in [0, 0.05) is 5.75 Å². The number of hydrogen-bond acceptors (Lipinski definition) is 9. The molecule has 1 atom stereocenters. The van der Waals surface area contributed by atoms with Crippen molar-refractivity contribution in [3.63, 3.8) is 0 Å². The van der Waals surface area contributed by atoms with Gasteiger partial charge in [-0.1, -0.05) is 53.4 Å². The van der Waals surface area contributed by atoms with Crippen LogP contribution in [-0.4, -0.2) is 27.0 Å². The molecule has 10 heteroatoms. The Labute approximate surface area is 196 Å². The van der Waals surface area contributed by atoms with Crippen LogP contribution in [0.5, 0.6) is 0 Å². The third kappa shape index (κ3) is 3.98. The van der Waals surface area contributed by atoms with Gasteiger partial charge in [0.25, 0.3) is 5.91 Å². The van der Waals surface area contributed by atoms with Crippen LogP contribution in [0.1, 0.15) is 33.7 Å². The first kappa shape index (κ1) is 21.2. The SMILES string of the molecule is Cc1ccc(C(=O)C2=C(O)C(=O)N(c3nnc(SCc4ccccc4)s3)[C@@H]2c2ccco2)o1. The highest BCUT2D eigenvalue weighted by Gasteiger charge is 2.48. The number of nitrogens with zero attached hydrogens (tertiary/aromatic N) is 3. The van der Waals surface area contributed by atoms with E-state index >= 15 is 0 Å². The molecule has 0 bridgehead atoms. The van der Waals surface area contributed by atoms with E-state index in [4.69, 9.17) is 8.83 Å². The van der Waals surface area contributed by atoms with Crippen LogP contribution in [0.2, 0.25) is 0 Å². The first-order valence-corrected chi connectivity index (χ1v) is 11.7. The van der Waals surface area contributed by atoms with Crippen LogP contribution in [-0.2, 0) is 10.5 Å². The van der Waals surface area contributed by atoms with Crippen molar-refractivity contribution in [2.75, 3.05) is 4.90 Å². The van der Waals surface area contributed by atoms with Crippen LogP contribution in [0.25, 0.3) is 0 Å². The molecule has 5 rings (SSSR count). The quantitative estimate of drug-likeness (QED) is 0.221. The zero-order valence-electron chi connectivity index (χ0n) is 17.3. The molecule has 1 amide bonds. The molecule has 0 unspecified atom stereocenters. The van der Waals surface area contributed by atoms with Gasteiger partial charge >= 0.3 is 0 Å². The van der Waals surface area contributed by atoms with Crippen molar-refractivity contribution in [1.82, 2.24) is 10.2 Å². The molecule has 166 valence electrons. The highest BCUT2D eigenvalue weighted by atomic mass is 32.2. The molecule has 4 heterocycles. The molecule has 0 radical (unpaired) electrons. The van der Waals surface area contributed by atoms with E-state index in [-0.39, 0.29) is 16.5 Å². The largest absolute Gasteiger partial charge is 0.503 e. The van der Waals surface area contributed by atoms with Gasteiger partial charge in [-0.3, -0.25) is 14.5 Å². The van der Waals surface area contributed by atoms with E-state index in [0.29, 0.717) is 21.6 Å². The monoisotopic (exact) mass is 479 g/mol. The number of rotatable bonds is 7. The normalized spacial score (nSPS) is 16.1. The van der Waals surface area contributed by atoms with Gasteiger partial charge in [0.15, 0.2) is 15.9 Å². The van der Waals surface area contributed by atoms with Gasteiger partial charge in [-0.2, -0.15) is 0 Å². The van der Waals surface area contributed by atoms with Gasteiger partial charge < -0.3 is 13.9 Å². The van der Waals surface area contributed by atoms with E-state index in [9.17, 15) is 14.7 Å². The van der Waals surface area contributed by atoms with Crippen LogP contribution in [0, 0.1) is 6.92 Å². The van der Waals surface area contributed by atoms with Crippen molar-refractivity contribution in [3.05, 3.63) is 95.0 Å². The molecular formula is C23H17N3O5S2. The summed E-state index contributed by atoms with van der Waals surface area (Å²) in [5.41, 5.74) is 1.00. The second kappa shape index (κ2) is 8.72. The first-order chi connectivity index (χ1) is 16.0. The van der Waals surface area contributed by atoms with Crippen molar-refractivity contribution in [2.45, 2.75) is 23.1 Å². The molecule has 0 spiro atoms. The number of aliphatic hydroxyl groups is 1. The van der Waals surface area contributed by atoms with E-state index in [0.717, 1.165) is 5.56 Å². The summed E-state index contributed by atoms with van der Waals surface area (Å²) in [6.45, 7) is 1.71. The first-order valence-electron chi connectivity index (χ1n) is 9.94. The van der Waals surface area contributed by atoms with Crippen molar-refractivity contribution >= 4 is 39.9 Å². The van der Waals surface area contributed by atoms with Gasteiger partial charge in [0.2, 0.25) is 10.9 Å². The average Bonchev–Trinajstić information content (AvgIpc) is 3.61. The number of amides is 1. The summed E-state index contributed by atoms with van der Waals surface area (Å²) in [5, 5.41) is 19.3. The van der Waals surface area contributed by atoms with Gasteiger partial charge in [-0.25, -0.2) is 0 Å². The molecule has 0 saturated carbocycles. The third-order valence-electron chi connectivity index (χ3n) is 5.04. The second-order valence-corrected chi connectivity index (χ2v) is 9.40. The molecule has 1 aliphatic rings. The predicted octanol–water partition coefficient (Wildman–Crippen LogP) is 5.11. The average molecular weight is 480 g/mol. The maximum Gasteiger partial charge on any atom is 0.296 e. The smallest absolute Gasteiger partial charge is 0.296 e. The number of Topliss-reactive ketones (excluding diaryl/α,β-unsaturated/α-hetero) is 1. The van der Waals surface area contributed by atoms with Gasteiger partial charge in [-0.05, 0) is 36.8 Å². The Morgan fingerprint density at radius 2 is 1.97 bits per heavy atom. The van der Waals surface area contributed by atoms with E-state index in [1.807, 2.05) is 30.3 Å². The fourth-order valence-electron chi connectivity index (χ4n) is 3.52. The summed E-state index contributed by atoms with van der Waals surface area (Å²) in [6.07, 6.45) is 1.44. The number of aromatic nitrogens is 2. The van der Waals surface area contributed by atoms with E-state index in [2.05, 4.69) is 10.2 Å². The summed E-state index contributed by atoms with van der Waals surface area (Å²) in [4.78, 5) is 27.5. The number of aliphatic hydroxyl groups excluding tert-OH is 1. The van der Waals surface area contributed by atoms with E-state index in [1.165, 1.54) is 40.3 Å². The predicted molar refractivity (Wildman–Crippen MR) is 122 cm³/mol. The van der Waals surface area contributed by atoms with Crippen LogP contribution in [0.15, 0.2) is 85.4 Å². The lowest BCUT2D eigenvalue weighted by molar-refractivity contribution is -0.117. The van der Waals surface area contributed by atoms with Crippen molar-refractivity contribution in [2.24, 2.45) is 0 Å². The van der Waals surface area contributed by atoms with Gasteiger partial charge in [0.05, 0.1) is 11.8 Å². The Balaban J connectivity index is 1.47. The molecule has 0 fully saturated rings. The number of hydrogen-bond donors (Lipinski definition) is 1. The van der Waals surface area contributed by atoms with E-state index < -0.39 is 23.5 Å². The molecule has 4 aromatic rings. The van der Waals surface area contributed by atoms with Gasteiger partial charge in [0.1, 0.15) is 17.6 Å². The van der Waals surface area contributed by atoms with Crippen LogP contribution >= 0.6 is 23.1 Å². The van der Waals surface area contributed by atoms with Crippen molar-refractivity contribution < 1.29 is 23.5 Å². The Morgan fingerprint density at radius 1 is 1.15 bits per heavy atom. The lowest BCUT2D eigenvalue weighted by atomic mass is 10.00. The number of anilines is 1. The lowest BCUT2D eigenvalue weighted by Gasteiger charge is -2.21. The van der Waals surface area contributed by atoms with Crippen molar-refractivity contribution in [1.29, 1.82) is 0 Å². The van der Waals surface area contributed by atoms with Crippen LogP contribution < -0.4 is 4.90 Å². The summed E-state index contributed by atoms with van der Waals surface area (Å²) >= 11 is 2.69. The molecule has 1 N–H and O–H groups in total. The summed E-state index contributed by atoms with van der Waals surface area (Å²) in [7, 11) is 0. The molecule has 0 aliphatic carbocycles. The second-order valence-electron chi connectivity index (χ2n) is 7.22. The standard InChI is InChI=1S/C23H17N3O5S2/c1-13-9-10-16(31-13)19(27)17-18(15-8-5-11-30-15)26(21(29)20(17)28)22-24-25-23(33-22)32-12-14-6-3-2-4-7-14/h2-11,18,28H,12H2,1H3/t18-/m1/s1. The number of thioether (sulfide) groups is 1. The number of carbonyl (C=O) groups is 2. The van der Waals surface area contributed by atoms with Crippen molar-refractivity contribution in [3.8, 4) is 0 Å². The molecule has 3 aromatic heterocycles. The molecule has 33 heavy (non-hydrogen) atoms. The fourth-order valence-corrected chi connectivity index (χ4v) is 5.34. The molecular weight excluding hydrogens is 462 g/mol. The Kier molecular flexibility index (Phi) is 5.61. The Bertz CT molecular complexity index is 1340. The number of carbonyl (C=O) groups excluding carboxylic acids is 2. The number of benzene rings is 1. The number of furan rings is 2. The van der Waals surface area contributed by atoms with Crippen LogP contribution in [0.3, 0.4) is 0 Å². The van der Waals surface area contributed by atoms with Crippen LogP contribution in [0.4, 0.5) is 5.13 Å². The number of ketones is 1. The Hall–Kier alpha value is -3.63. The highest BCUT2D eigenvalue weighted by molar-refractivity contribution is 8.00. The minimum absolute atomic E-state index is 0.0247. The molecule has 8 nitrogen and oxygen atoms in total. The molecule has 1 aromatic carbocycles. The highest BCUT2D eigenvalue weighted by Crippen LogP contribution is 2.44. The maximum atomic E-state index is 13.2. The molecule has 1 aliphatic heterocycles. The summed E-state index contributed by atoms with van der Waals surface area (Å²) in [5.74, 6) is -0.442. The third-order valence-corrected chi connectivity index (χ3v) is 7.16. The van der Waals surface area contributed by atoms with E-state index in [1.54, 1.807) is 25.1 Å². The maximum absolute atomic E-state index is 13.2. The number of aryl methyl sites for hydroxylation is 1. The summed E-state index contributed by atoms with van der Waals surface area (Å²) in [6, 6.07) is 15.3. The zero-order valence-corrected chi connectivity index (χ0v) is 18.9.